The number of phenolic OH excluding ortho intramolecular Hbond substituents is 1. The molecule has 1 unspecified atom stereocenters. The molecule has 0 saturated carbocycles. The fraction of sp³-hybridized carbons (Fsp3) is 0.333. The molecule has 1 rings (SSSR count). The van der Waals surface area contributed by atoms with Gasteiger partial charge in [-0.3, -0.25) is 0 Å². The van der Waals surface area contributed by atoms with Gasteiger partial charge in [-0.2, -0.15) is 0 Å². The number of halogens is 2. The standard InChI is InChI=1S/C9H11BrFNO/c10-7-5-6(1-2-9(7)13)8(11)3-4-12/h1-2,5,8,13H,3-4,12H2. The maximum atomic E-state index is 13.3. The minimum Gasteiger partial charge on any atom is -0.507 e. The van der Waals surface area contributed by atoms with E-state index in [2.05, 4.69) is 15.9 Å². The van der Waals surface area contributed by atoms with Gasteiger partial charge in [0.05, 0.1) is 4.47 Å². The van der Waals surface area contributed by atoms with Crippen molar-refractivity contribution in [2.45, 2.75) is 12.6 Å². The molecule has 0 bridgehead atoms. The average molecular weight is 248 g/mol. The topological polar surface area (TPSA) is 46.2 Å². The first-order chi connectivity index (χ1) is 6.15. The molecule has 3 N–H and O–H groups in total. The summed E-state index contributed by atoms with van der Waals surface area (Å²) in [4.78, 5) is 0. The van der Waals surface area contributed by atoms with E-state index >= 15 is 0 Å². The molecule has 0 fully saturated rings. The largest absolute Gasteiger partial charge is 0.507 e. The lowest BCUT2D eigenvalue weighted by Crippen LogP contribution is -2.03. The monoisotopic (exact) mass is 247 g/mol. The van der Waals surface area contributed by atoms with E-state index in [1.165, 1.54) is 6.07 Å². The van der Waals surface area contributed by atoms with E-state index in [1.54, 1.807) is 12.1 Å². The molecular weight excluding hydrogens is 237 g/mol. The Hall–Kier alpha value is -0.610. The smallest absolute Gasteiger partial charge is 0.129 e. The third kappa shape index (κ3) is 2.67. The molecule has 0 radical (unpaired) electrons. The van der Waals surface area contributed by atoms with Gasteiger partial charge in [0.1, 0.15) is 11.9 Å². The molecule has 2 nitrogen and oxygen atoms in total. The maximum absolute atomic E-state index is 13.3. The molecule has 1 atom stereocenters. The van der Waals surface area contributed by atoms with Gasteiger partial charge in [-0.1, -0.05) is 6.07 Å². The van der Waals surface area contributed by atoms with Crippen LogP contribution in [0.4, 0.5) is 4.39 Å². The van der Waals surface area contributed by atoms with Crippen molar-refractivity contribution in [2.75, 3.05) is 6.54 Å². The lowest BCUT2D eigenvalue weighted by Gasteiger charge is -2.07. The van der Waals surface area contributed by atoms with Gasteiger partial charge in [-0.15, -0.1) is 0 Å². The molecule has 13 heavy (non-hydrogen) atoms. The predicted molar refractivity (Wildman–Crippen MR) is 53.3 cm³/mol. The van der Waals surface area contributed by atoms with E-state index in [4.69, 9.17) is 10.8 Å². The van der Waals surface area contributed by atoms with Crippen molar-refractivity contribution in [3.63, 3.8) is 0 Å². The van der Waals surface area contributed by atoms with Crippen LogP contribution in [0.3, 0.4) is 0 Å². The first-order valence-corrected chi connectivity index (χ1v) is 4.77. The molecule has 1 aromatic rings. The Bertz CT molecular complexity index is 293. The molecule has 0 amide bonds. The van der Waals surface area contributed by atoms with Gasteiger partial charge in [0.15, 0.2) is 0 Å². The van der Waals surface area contributed by atoms with Gasteiger partial charge in [-0.25, -0.2) is 4.39 Å². The second-order valence-corrected chi connectivity index (χ2v) is 3.61. The Morgan fingerprint density at radius 3 is 2.77 bits per heavy atom. The zero-order chi connectivity index (χ0) is 9.84. The van der Waals surface area contributed by atoms with Crippen LogP contribution in [0.5, 0.6) is 5.75 Å². The van der Waals surface area contributed by atoms with Crippen molar-refractivity contribution in [1.29, 1.82) is 0 Å². The van der Waals surface area contributed by atoms with E-state index in [0.717, 1.165) is 0 Å². The fourth-order valence-corrected chi connectivity index (χ4v) is 1.43. The Kier molecular flexibility index (Phi) is 3.69. The number of hydrogen-bond donors (Lipinski definition) is 2. The second kappa shape index (κ2) is 4.58. The summed E-state index contributed by atoms with van der Waals surface area (Å²) in [5.74, 6) is 0.115. The van der Waals surface area contributed by atoms with Crippen LogP contribution in [0.25, 0.3) is 0 Å². The zero-order valence-electron chi connectivity index (χ0n) is 7.00. The lowest BCUT2D eigenvalue weighted by molar-refractivity contribution is 0.327. The highest BCUT2D eigenvalue weighted by Gasteiger charge is 2.09. The van der Waals surface area contributed by atoms with Crippen LogP contribution >= 0.6 is 15.9 Å². The van der Waals surface area contributed by atoms with Gasteiger partial charge < -0.3 is 10.8 Å². The maximum Gasteiger partial charge on any atom is 0.129 e. The van der Waals surface area contributed by atoms with Crippen LogP contribution in [0.2, 0.25) is 0 Å². The summed E-state index contributed by atoms with van der Waals surface area (Å²) in [5, 5.41) is 9.16. The Morgan fingerprint density at radius 1 is 1.54 bits per heavy atom. The van der Waals surface area contributed by atoms with Crippen LogP contribution in [0.15, 0.2) is 22.7 Å². The molecular formula is C9H11BrFNO. The molecule has 4 heteroatoms. The number of nitrogens with two attached hydrogens (primary N) is 1. The van der Waals surface area contributed by atoms with Crippen molar-refractivity contribution >= 4 is 15.9 Å². The van der Waals surface area contributed by atoms with E-state index < -0.39 is 6.17 Å². The normalized spacial score (nSPS) is 12.8. The summed E-state index contributed by atoms with van der Waals surface area (Å²) in [7, 11) is 0. The van der Waals surface area contributed by atoms with Crippen LogP contribution in [0, 0.1) is 0 Å². The number of rotatable bonds is 3. The fourth-order valence-electron chi connectivity index (χ4n) is 1.03. The molecule has 0 aliphatic carbocycles. The lowest BCUT2D eigenvalue weighted by atomic mass is 10.1. The minimum absolute atomic E-state index is 0.115. The summed E-state index contributed by atoms with van der Waals surface area (Å²) in [6.07, 6.45) is -0.751. The van der Waals surface area contributed by atoms with Gasteiger partial charge in [0.2, 0.25) is 0 Å². The van der Waals surface area contributed by atoms with Crippen LogP contribution in [0.1, 0.15) is 18.2 Å². The van der Waals surface area contributed by atoms with Crippen LogP contribution in [-0.2, 0) is 0 Å². The van der Waals surface area contributed by atoms with Crippen LogP contribution < -0.4 is 5.73 Å². The molecule has 0 saturated heterocycles. The third-order valence-electron chi connectivity index (χ3n) is 1.75. The molecule has 1 aromatic carbocycles. The molecule has 0 spiro atoms. The van der Waals surface area contributed by atoms with Crippen molar-refractivity contribution in [1.82, 2.24) is 0 Å². The Morgan fingerprint density at radius 2 is 2.23 bits per heavy atom. The number of aromatic hydroxyl groups is 1. The summed E-state index contributed by atoms with van der Waals surface area (Å²) >= 11 is 3.12. The molecule has 0 aliphatic heterocycles. The molecule has 0 aromatic heterocycles. The van der Waals surface area contributed by atoms with Crippen molar-refractivity contribution < 1.29 is 9.50 Å². The number of benzene rings is 1. The predicted octanol–water partition coefficient (Wildman–Crippen LogP) is 2.51. The number of alkyl halides is 1. The SMILES string of the molecule is NCCC(F)c1ccc(O)c(Br)c1. The highest BCUT2D eigenvalue weighted by molar-refractivity contribution is 9.10. The van der Waals surface area contributed by atoms with Gasteiger partial charge >= 0.3 is 0 Å². The Labute approximate surface area is 84.7 Å². The summed E-state index contributed by atoms with van der Waals surface area (Å²) in [6, 6.07) is 4.58. The Balaban J connectivity index is 2.84. The highest BCUT2D eigenvalue weighted by atomic mass is 79.9. The number of hydrogen-bond acceptors (Lipinski definition) is 2. The van der Waals surface area contributed by atoms with Crippen LogP contribution in [-0.4, -0.2) is 11.7 Å². The summed E-state index contributed by atoms with van der Waals surface area (Å²) in [5.41, 5.74) is 5.77. The van der Waals surface area contributed by atoms with Crippen molar-refractivity contribution in [3.05, 3.63) is 28.2 Å². The first-order valence-electron chi connectivity index (χ1n) is 3.97. The quantitative estimate of drug-likeness (QED) is 0.863. The van der Waals surface area contributed by atoms with Crippen molar-refractivity contribution in [3.8, 4) is 5.75 Å². The molecule has 0 heterocycles. The van der Waals surface area contributed by atoms with Gasteiger partial charge in [0, 0.05) is 0 Å². The zero-order valence-corrected chi connectivity index (χ0v) is 8.59. The van der Waals surface area contributed by atoms with Gasteiger partial charge in [-0.05, 0) is 46.6 Å². The van der Waals surface area contributed by atoms with E-state index in [-0.39, 0.29) is 5.75 Å². The molecule has 0 aliphatic rings. The van der Waals surface area contributed by atoms with Crippen molar-refractivity contribution in [2.24, 2.45) is 5.73 Å². The van der Waals surface area contributed by atoms with E-state index in [9.17, 15) is 4.39 Å². The second-order valence-electron chi connectivity index (χ2n) is 2.76. The summed E-state index contributed by atoms with van der Waals surface area (Å²) < 4.78 is 13.8. The van der Waals surface area contributed by atoms with E-state index in [1.807, 2.05) is 0 Å². The van der Waals surface area contributed by atoms with Gasteiger partial charge in [0.25, 0.3) is 0 Å². The third-order valence-corrected chi connectivity index (χ3v) is 2.39. The number of phenols is 1. The molecule has 72 valence electrons. The average Bonchev–Trinajstić information content (AvgIpc) is 2.10. The van der Waals surface area contributed by atoms with E-state index in [0.29, 0.717) is 23.0 Å². The minimum atomic E-state index is -1.05. The highest BCUT2D eigenvalue weighted by Crippen LogP contribution is 2.29. The summed E-state index contributed by atoms with van der Waals surface area (Å²) in [6.45, 7) is 0.319. The first kappa shape index (κ1) is 10.5.